The van der Waals surface area contributed by atoms with Crippen LogP contribution in [0.1, 0.15) is 12.8 Å². The van der Waals surface area contributed by atoms with Crippen molar-refractivity contribution in [1.82, 2.24) is 10.2 Å². The molecule has 1 aliphatic heterocycles. The van der Waals surface area contributed by atoms with Gasteiger partial charge in [0.2, 0.25) is 0 Å². The van der Waals surface area contributed by atoms with E-state index < -0.39 is 6.09 Å². The highest BCUT2D eigenvalue weighted by Gasteiger charge is 2.20. The van der Waals surface area contributed by atoms with Crippen molar-refractivity contribution < 1.29 is 9.90 Å². The molecule has 0 aromatic rings. The summed E-state index contributed by atoms with van der Waals surface area (Å²) in [7, 11) is 1.64. The molecular formula is C8H17ClN2O2. The number of carboxylic acid groups (broad SMARTS) is 1. The normalized spacial score (nSPS) is 17.2. The van der Waals surface area contributed by atoms with Gasteiger partial charge in [-0.15, -0.1) is 11.6 Å². The average molecular weight is 209 g/mol. The molecular weight excluding hydrogens is 192 g/mol. The minimum Gasteiger partial charge on any atom is -0.465 e. The molecule has 13 heavy (non-hydrogen) atoms. The fourth-order valence-electron chi connectivity index (χ4n) is 1.35. The largest absolute Gasteiger partial charge is 0.465 e. The Morgan fingerprint density at radius 2 is 1.92 bits per heavy atom. The molecule has 0 radical (unpaired) electrons. The number of amides is 1. The fraction of sp³-hybridized carbons (Fsp3) is 0.875. The van der Waals surface area contributed by atoms with E-state index in [0.29, 0.717) is 0 Å². The molecule has 4 nitrogen and oxygen atoms in total. The number of hydrogen-bond donors (Lipinski definition) is 2. The smallest absolute Gasteiger partial charge is 0.407 e. The number of carbonyl (C=O) groups is 1. The molecule has 0 aliphatic carbocycles. The number of hydrogen-bond acceptors (Lipinski definition) is 2. The minimum absolute atomic E-state index is 0.216. The lowest BCUT2D eigenvalue weighted by atomic mass is 10.1. The number of piperidine rings is 1. The summed E-state index contributed by atoms with van der Waals surface area (Å²) in [5.41, 5.74) is 0. The second-order valence-corrected chi connectivity index (χ2v) is 2.87. The lowest BCUT2D eigenvalue weighted by Gasteiger charge is -2.29. The van der Waals surface area contributed by atoms with Gasteiger partial charge in [0.15, 0.2) is 0 Å². The van der Waals surface area contributed by atoms with E-state index in [1.807, 2.05) is 0 Å². The van der Waals surface area contributed by atoms with Crippen LogP contribution in [0.5, 0.6) is 0 Å². The molecule has 1 heterocycles. The first-order valence-electron chi connectivity index (χ1n) is 4.26. The third-order valence-electron chi connectivity index (χ3n) is 2.16. The van der Waals surface area contributed by atoms with Crippen LogP contribution in [0.4, 0.5) is 4.79 Å². The number of rotatable bonds is 1. The Bertz CT molecular complexity index is 149. The molecule has 0 bridgehead atoms. The third-order valence-corrected chi connectivity index (χ3v) is 2.16. The van der Waals surface area contributed by atoms with Gasteiger partial charge in [-0.3, -0.25) is 0 Å². The Hall–Kier alpha value is -0.480. The van der Waals surface area contributed by atoms with E-state index in [4.69, 9.17) is 5.11 Å². The summed E-state index contributed by atoms with van der Waals surface area (Å²) in [6.07, 6.45) is 2.52. The molecule has 1 saturated heterocycles. The van der Waals surface area contributed by atoms with Gasteiger partial charge in [0.25, 0.3) is 0 Å². The van der Waals surface area contributed by atoms with Crippen LogP contribution in [-0.4, -0.2) is 48.7 Å². The number of alkyl halides is 1. The zero-order valence-electron chi connectivity index (χ0n) is 8.09. The molecule has 78 valence electrons. The van der Waals surface area contributed by atoms with Crippen molar-refractivity contribution in [2.75, 3.05) is 26.5 Å². The van der Waals surface area contributed by atoms with Gasteiger partial charge in [-0.05, 0) is 25.9 Å². The maximum Gasteiger partial charge on any atom is 0.407 e. The predicted octanol–water partition coefficient (Wildman–Crippen LogP) is 1.20. The van der Waals surface area contributed by atoms with Crippen LogP contribution in [-0.2, 0) is 0 Å². The first-order valence-corrected chi connectivity index (χ1v) is 5.01. The summed E-state index contributed by atoms with van der Waals surface area (Å²) < 4.78 is 0. The Morgan fingerprint density at radius 3 is 2.31 bits per heavy atom. The second kappa shape index (κ2) is 6.97. The fourth-order valence-corrected chi connectivity index (χ4v) is 1.35. The predicted molar refractivity (Wildman–Crippen MR) is 53.5 cm³/mol. The average Bonchev–Trinajstić information content (AvgIpc) is 2.21. The van der Waals surface area contributed by atoms with E-state index in [2.05, 4.69) is 16.9 Å². The van der Waals surface area contributed by atoms with E-state index in [1.165, 1.54) is 11.3 Å². The Balaban J connectivity index is 0.000000671. The summed E-state index contributed by atoms with van der Waals surface area (Å²) in [5.74, 6) is 0. The first kappa shape index (κ1) is 12.5. The summed E-state index contributed by atoms with van der Waals surface area (Å²) >= 11 is 4.64. The van der Waals surface area contributed by atoms with Crippen LogP contribution in [0.3, 0.4) is 0 Å². The first-order chi connectivity index (χ1) is 6.22. The molecule has 1 fully saturated rings. The van der Waals surface area contributed by atoms with Crippen LogP contribution in [0.2, 0.25) is 0 Å². The zero-order valence-corrected chi connectivity index (χ0v) is 8.84. The molecule has 1 rings (SSSR count). The Kier molecular flexibility index (Phi) is 6.72. The second-order valence-electron chi connectivity index (χ2n) is 2.87. The van der Waals surface area contributed by atoms with Gasteiger partial charge in [-0.1, -0.05) is 0 Å². The molecule has 0 unspecified atom stereocenters. The van der Waals surface area contributed by atoms with Gasteiger partial charge >= 0.3 is 6.09 Å². The van der Waals surface area contributed by atoms with Gasteiger partial charge in [-0.2, -0.15) is 0 Å². The van der Waals surface area contributed by atoms with Crippen molar-refractivity contribution in [2.45, 2.75) is 18.9 Å². The molecule has 0 spiro atoms. The van der Waals surface area contributed by atoms with Crippen molar-refractivity contribution in [3.05, 3.63) is 0 Å². The molecule has 0 aromatic heterocycles. The number of nitrogens with zero attached hydrogens (tertiary/aromatic N) is 1. The molecule has 1 aliphatic rings. The van der Waals surface area contributed by atoms with Gasteiger partial charge in [0.05, 0.1) is 0 Å². The SMILES string of the molecule is CCl.CN(C(=O)O)C1CCNCC1. The standard InChI is InChI=1S/C7H14N2O2.CH3Cl/c1-9(7(10)11)6-2-4-8-5-3-6;1-2/h6,8H,2-5H2,1H3,(H,10,11);1H3. The van der Waals surface area contributed by atoms with Gasteiger partial charge < -0.3 is 15.3 Å². The highest BCUT2D eigenvalue weighted by Crippen LogP contribution is 2.09. The minimum atomic E-state index is -0.822. The zero-order chi connectivity index (χ0) is 10.3. The van der Waals surface area contributed by atoms with Crippen molar-refractivity contribution in [2.24, 2.45) is 0 Å². The Morgan fingerprint density at radius 1 is 1.46 bits per heavy atom. The summed E-state index contributed by atoms with van der Waals surface area (Å²) in [6, 6.07) is 0.216. The molecule has 0 atom stereocenters. The van der Waals surface area contributed by atoms with E-state index in [9.17, 15) is 4.79 Å². The topological polar surface area (TPSA) is 52.6 Å². The van der Waals surface area contributed by atoms with Gasteiger partial charge in [-0.25, -0.2) is 4.79 Å². The van der Waals surface area contributed by atoms with E-state index in [0.717, 1.165) is 25.9 Å². The lowest BCUT2D eigenvalue weighted by Crippen LogP contribution is -2.43. The maximum atomic E-state index is 10.5. The number of halogens is 1. The van der Waals surface area contributed by atoms with Crippen LogP contribution >= 0.6 is 11.6 Å². The maximum absolute atomic E-state index is 10.5. The molecule has 0 saturated carbocycles. The van der Waals surface area contributed by atoms with Crippen molar-refractivity contribution in [1.29, 1.82) is 0 Å². The molecule has 2 N–H and O–H groups in total. The van der Waals surface area contributed by atoms with Crippen LogP contribution in [0.25, 0.3) is 0 Å². The lowest BCUT2D eigenvalue weighted by molar-refractivity contribution is 0.129. The molecule has 5 heteroatoms. The van der Waals surface area contributed by atoms with E-state index in [-0.39, 0.29) is 6.04 Å². The van der Waals surface area contributed by atoms with Gasteiger partial charge in [0, 0.05) is 19.5 Å². The van der Waals surface area contributed by atoms with Crippen LogP contribution < -0.4 is 5.32 Å². The summed E-state index contributed by atoms with van der Waals surface area (Å²) in [5, 5.41) is 11.8. The Labute approximate surface area is 83.9 Å². The van der Waals surface area contributed by atoms with Crippen LogP contribution in [0.15, 0.2) is 0 Å². The third kappa shape index (κ3) is 4.33. The van der Waals surface area contributed by atoms with E-state index in [1.54, 1.807) is 7.05 Å². The van der Waals surface area contributed by atoms with Crippen molar-refractivity contribution >= 4 is 17.7 Å². The van der Waals surface area contributed by atoms with E-state index >= 15 is 0 Å². The van der Waals surface area contributed by atoms with Crippen molar-refractivity contribution in [3.63, 3.8) is 0 Å². The molecule has 0 aromatic carbocycles. The number of nitrogens with one attached hydrogen (secondary N) is 1. The van der Waals surface area contributed by atoms with Gasteiger partial charge in [0.1, 0.15) is 0 Å². The summed E-state index contributed by atoms with van der Waals surface area (Å²) in [6.45, 7) is 1.87. The van der Waals surface area contributed by atoms with Crippen LogP contribution in [0, 0.1) is 0 Å². The monoisotopic (exact) mass is 208 g/mol. The highest BCUT2D eigenvalue weighted by molar-refractivity contribution is 6.15. The molecule has 1 amide bonds. The highest BCUT2D eigenvalue weighted by atomic mass is 35.5. The quantitative estimate of drug-likeness (QED) is 0.637. The summed E-state index contributed by atoms with van der Waals surface area (Å²) in [4.78, 5) is 11.9. The van der Waals surface area contributed by atoms with Crippen molar-refractivity contribution in [3.8, 4) is 0 Å².